The first-order valence-corrected chi connectivity index (χ1v) is 11.4. The fraction of sp³-hybridized carbons (Fsp3) is 0.360. The molecule has 1 aromatic heterocycles. The van der Waals surface area contributed by atoms with E-state index in [2.05, 4.69) is 50.9 Å². The maximum Gasteiger partial charge on any atom is 0.336 e. The van der Waals surface area contributed by atoms with Crippen molar-refractivity contribution in [3.63, 3.8) is 0 Å². The average molecular weight is 423 g/mol. The van der Waals surface area contributed by atoms with E-state index in [1.54, 1.807) is 6.07 Å². The first-order chi connectivity index (χ1) is 14.3. The van der Waals surface area contributed by atoms with Crippen molar-refractivity contribution in [2.75, 3.05) is 0 Å². The van der Waals surface area contributed by atoms with Gasteiger partial charge in [-0.05, 0) is 71.7 Å². The van der Waals surface area contributed by atoms with Gasteiger partial charge in [0, 0.05) is 17.2 Å². The van der Waals surface area contributed by atoms with Crippen molar-refractivity contribution in [1.29, 1.82) is 0 Å². The Labute approximate surface area is 182 Å². The van der Waals surface area contributed by atoms with Crippen LogP contribution >= 0.6 is 11.8 Å². The van der Waals surface area contributed by atoms with E-state index >= 15 is 0 Å². The van der Waals surface area contributed by atoms with Crippen molar-refractivity contribution in [3.8, 4) is 0 Å². The SMILES string of the molecule is CC[C@@H](C)c1ccc(N=C(N)SCc2cc(=O)oc3cc(C)c(C(C)C)cc23)cc1. The van der Waals surface area contributed by atoms with Crippen molar-refractivity contribution < 1.29 is 4.42 Å². The van der Waals surface area contributed by atoms with E-state index < -0.39 is 0 Å². The summed E-state index contributed by atoms with van der Waals surface area (Å²) >= 11 is 1.43. The topological polar surface area (TPSA) is 68.6 Å². The van der Waals surface area contributed by atoms with Gasteiger partial charge in [0.25, 0.3) is 0 Å². The zero-order valence-electron chi connectivity index (χ0n) is 18.4. The van der Waals surface area contributed by atoms with E-state index in [-0.39, 0.29) is 5.63 Å². The van der Waals surface area contributed by atoms with Gasteiger partial charge in [-0.15, -0.1) is 0 Å². The maximum atomic E-state index is 12.0. The van der Waals surface area contributed by atoms with Gasteiger partial charge >= 0.3 is 5.63 Å². The number of amidine groups is 1. The monoisotopic (exact) mass is 422 g/mol. The number of aryl methyl sites for hydroxylation is 1. The Kier molecular flexibility index (Phi) is 7.03. The van der Waals surface area contributed by atoms with Crippen molar-refractivity contribution in [2.24, 2.45) is 10.7 Å². The summed E-state index contributed by atoms with van der Waals surface area (Å²) in [6.07, 6.45) is 1.11. The molecule has 5 heteroatoms. The molecule has 3 aromatic rings. The standard InChI is InChI=1S/C25H30N2O2S/c1-6-16(4)18-7-9-20(10-8-18)27-25(26)30-14-19-12-24(28)29-23-11-17(5)21(15(2)3)13-22(19)23/h7-13,15-16H,6,14H2,1-5H3,(H2,26,27)/t16-/m1/s1. The minimum Gasteiger partial charge on any atom is -0.423 e. The van der Waals surface area contributed by atoms with E-state index in [1.165, 1.54) is 22.9 Å². The Balaban J connectivity index is 1.83. The van der Waals surface area contributed by atoms with Crippen LogP contribution < -0.4 is 11.4 Å². The van der Waals surface area contributed by atoms with Crippen molar-refractivity contribution >= 4 is 33.6 Å². The molecule has 0 amide bonds. The summed E-state index contributed by atoms with van der Waals surface area (Å²) < 4.78 is 5.43. The predicted molar refractivity (Wildman–Crippen MR) is 129 cm³/mol. The molecule has 0 aliphatic rings. The number of fused-ring (bicyclic) bond motifs is 1. The van der Waals surface area contributed by atoms with Gasteiger partial charge in [-0.1, -0.05) is 51.6 Å². The number of rotatable bonds is 6. The Bertz CT molecular complexity index is 1110. The summed E-state index contributed by atoms with van der Waals surface area (Å²) in [7, 11) is 0. The Morgan fingerprint density at radius 1 is 1.13 bits per heavy atom. The van der Waals surface area contributed by atoms with E-state index in [1.807, 2.05) is 25.1 Å². The van der Waals surface area contributed by atoms with E-state index in [4.69, 9.17) is 10.2 Å². The summed E-state index contributed by atoms with van der Waals surface area (Å²) in [5, 5.41) is 1.44. The van der Waals surface area contributed by atoms with Crippen LogP contribution in [0.3, 0.4) is 0 Å². The molecule has 158 valence electrons. The van der Waals surface area contributed by atoms with E-state index in [0.717, 1.165) is 28.6 Å². The molecule has 0 saturated heterocycles. The third-order valence-electron chi connectivity index (χ3n) is 5.53. The number of thioether (sulfide) groups is 1. The minimum absolute atomic E-state index is 0.342. The zero-order valence-corrected chi connectivity index (χ0v) is 19.2. The highest BCUT2D eigenvalue weighted by Gasteiger charge is 2.12. The maximum absolute atomic E-state index is 12.0. The molecule has 0 saturated carbocycles. The molecule has 2 N–H and O–H groups in total. The van der Waals surface area contributed by atoms with Crippen LogP contribution in [0.15, 0.2) is 56.7 Å². The molecule has 3 rings (SSSR count). The molecule has 0 radical (unpaired) electrons. The van der Waals surface area contributed by atoms with Crippen LogP contribution in [-0.4, -0.2) is 5.17 Å². The van der Waals surface area contributed by atoms with Gasteiger partial charge in [0.05, 0.1) is 5.69 Å². The lowest BCUT2D eigenvalue weighted by atomic mass is 9.95. The molecule has 4 nitrogen and oxygen atoms in total. The van der Waals surface area contributed by atoms with Crippen molar-refractivity contribution in [3.05, 3.63) is 75.1 Å². The normalized spacial score (nSPS) is 13.2. The Morgan fingerprint density at radius 2 is 1.83 bits per heavy atom. The number of nitrogens with two attached hydrogens (primary N) is 1. The molecule has 0 bridgehead atoms. The van der Waals surface area contributed by atoms with Crippen molar-refractivity contribution in [1.82, 2.24) is 0 Å². The van der Waals surface area contributed by atoms with Gasteiger partial charge in [-0.25, -0.2) is 9.79 Å². The van der Waals surface area contributed by atoms with Crippen LogP contribution in [0.4, 0.5) is 5.69 Å². The third-order valence-corrected chi connectivity index (χ3v) is 6.37. The fourth-order valence-electron chi connectivity index (χ4n) is 3.56. The average Bonchev–Trinajstić information content (AvgIpc) is 2.71. The van der Waals surface area contributed by atoms with Crippen LogP contribution in [0.25, 0.3) is 11.0 Å². The van der Waals surface area contributed by atoms with Crippen LogP contribution in [0.1, 0.15) is 68.2 Å². The van der Waals surface area contributed by atoms with Gasteiger partial charge in [0.2, 0.25) is 0 Å². The highest BCUT2D eigenvalue weighted by Crippen LogP contribution is 2.29. The molecule has 0 aliphatic carbocycles. The molecule has 0 unspecified atom stereocenters. The van der Waals surface area contributed by atoms with E-state index in [9.17, 15) is 4.79 Å². The molecule has 0 spiro atoms. The molecule has 1 atom stereocenters. The van der Waals surface area contributed by atoms with Gasteiger partial charge < -0.3 is 10.2 Å². The Hall–Kier alpha value is -2.53. The molecular weight excluding hydrogens is 392 g/mol. The molecule has 2 aromatic carbocycles. The summed E-state index contributed by atoms with van der Waals surface area (Å²) in [5.74, 6) is 1.49. The summed E-state index contributed by atoms with van der Waals surface area (Å²) in [5.41, 5.74) is 11.9. The fourth-order valence-corrected chi connectivity index (χ4v) is 4.27. The van der Waals surface area contributed by atoms with Gasteiger partial charge in [0.15, 0.2) is 5.17 Å². The number of benzene rings is 2. The van der Waals surface area contributed by atoms with E-state index in [0.29, 0.717) is 28.3 Å². The van der Waals surface area contributed by atoms with Crippen LogP contribution in [-0.2, 0) is 5.75 Å². The first-order valence-electron chi connectivity index (χ1n) is 10.4. The minimum atomic E-state index is -0.342. The highest BCUT2D eigenvalue weighted by molar-refractivity contribution is 8.13. The second-order valence-electron chi connectivity index (χ2n) is 8.09. The lowest BCUT2D eigenvalue weighted by Crippen LogP contribution is -2.08. The second kappa shape index (κ2) is 9.52. The Morgan fingerprint density at radius 3 is 2.47 bits per heavy atom. The smallest absolute Gasteiger partial charge is 0.336 e. The molecule has 1 heterocycles. The number of hydrogen-bond donors (Lipinski definition) is 1. The zero-order chi connectivity index (χ0) is 21.8. The number of aliphatic imine (C=N–C) groups is 1. The van der Waals surface area contributed by atoms with Gasteiger partial charge in [-0.3, -0.25) is 0 Å². The van der Waals surface area contributed by atoms with Crippen LogP contribution in [0, 0.1) is 6.92 Å². The lowest BCUT2D eigenvalue weighted by molar-refractivity contribution is 0.559. The number of nitrogens with zero attached hydrogens (tertiary/aromatic N) is 1. The third kappa shape index (κ3) is 5.14. The largest absolute Gasteiger partial charge is 0.423 e. The molecule has 30 heavy (non-hydrogen) atoms. The summed E-state index contributed by atoms with van der Waals surface area (Å²) in [6, 6.07) is 13.9. The van der Waals surface area contributed by atoms with Crippen molar-refractivity contribution in [2.45, 2.75) is 58.6 Å². The molecule has 0 aliphatic heterocycles. The van der Waals surface area contributed by atoms with Gasteiger partial charge in [0.1, 0.15) is 5.58 Å². The second-order valence-corrected chi connectivity index (χ2v) is 9.09. The van der Waals surface area contributed by atoms with Crippen LogP contribution in [0.5, 0.6) is 0 Å². The summed E-state index contributed by atoms with van der Waals surface area (Å²) in [4.78, 5) is 16.6. The lowest BCUT2D eigenvalue weighted by Gasteiger charge is -2.13. The molecular formula is C25H30N2O2S. The van der Waals surface area contributed by atoms with Crippen LogP contribution in [0.2, 0.25) is 0 Å². The summed E-state index contributed by atoms with van der Waals surface area (Å²) in [6.45, 7) is 10.8. The molecule has 0 fully saturated rings. The number of hydrogen-bond acceptors (Lipinski definition) is 4. The van der Waals surface area contributed by atoms with Gasteiger partial charge in [-0.2, -0.15) is 0 Å². The highest BCUT2D eigenvalue weighted by atomic mass is 32.2. The predicted octanol–water partition coefficient (Wildman–Crippen LogP) is 6.62. The first kappa shape index (κ1) is 22.2. The quantitative estimate of drug-likeness (QED) is 0.275.